The van der Waals surface area contributed by atoms with Crippen LogP contribution in [-0.2, 0) is 19.5 Å². The van der Waals surface area contributed by atoms with Gasteiger partial charge in [0.05, 0.1) is 5.69 Å². The molecule has 1 saturated carbocycles. The van der Waals surface area contributed by atoms with Gasteiger partial charge in [0.25, 0.3) is 0 Å². The first kappa shape index (κ1) is 17.9. The smallest absolute Gasteiger partial charge is 0.134 e. The van der Waals surface area contributed by atoms with E-state index < -0.39 is 0 Å². The van der Waals surface area contributed by atoms with E-state index in [-0.39, 0.29) is 0 Å². The van der Waals surface area contributed by atoms with E-state index in [4.69, 9.17) is 5.10 Å². The molecule has 5 rings (SSSR count). The fourth-order valence-corrected chi connectivity index (χ4v) is 4.73. The number of hydrogen-bond donors (Lipinski definition) is 0. The maximum Gasteiger partial charge on any atom is 0.134 e. The number of rotatable bonds is 6. The zero-order chi connectivity index (χ0) is 19.1. The van der Waals surface area contributed by atoms with Crippen molar-refractivity contribution in [3.8, 4) is 0 Å². The topological polar surface area (TPSA) is 53.3 Å². The fourth-order valence-electron chi connectivity index (χ4n) is 4.73. The van der Waals surface area contributed by atoms with Crippen molar-refractivity contribution in [3.63, 3.8) is 0 Å². The average Bonchev–Trinajstić information content (AvgIpc) is 3.31. The Balaban J connectivity index is 1.23. The third kappa shape index (κ3) is 3.60. The van der Waals surface area contributed by atoms with Crippen LogP contribution in [0.1, 0.15) is 43.5 Å². The first-order valence-corrected chi connectivity index (χ1v) is 10.7. The zero-order valence-corrected chi connectivity index (χ0v) is 17.1. The number of fused-ring (bicyclic) bond motifs is 1. The summed E-state index contributed by atoms with van der Waals surface area (Å²) in [5.74, 6) is 2.09. The molecule has 0 spiro atoms. The molecule has 7 heteroatoms. The Morgan fingerprint density at radius 1 is 0.964 bits per heavy atom. The van der Waals surface area contributed by atoms with E-state index in [2.05, 4.69) is 41.5 Å². The molecule has 28 heavy (non-hydrogen) atoms. The normalized spacial score (nSPS) is 20.4. The van der Waals surface area contributed by atoms with Gasteiger partial charge in [0.15, 0.2) is 0 Å². The highest BCUT2D eigenvalue weighted by atomic mass is 15.3. The summed E-state index contributed by atoms with van der Waals surface area (Å²) in [4.78, 5) is 16.3. The third-order valence-corrected chi connectivity index (χ3v) is 6.35. The molecule has 0 bridgehead atoms. The van der Waals surface area contributed by atoms with Crippen molar-refractivity contribution in [1.82, 2.24) is 24.6 Å². The Morgan fingerprint density at radius 3 is 2.43 bits per heavy atom. The highest BCUT2D eigenvalue weighted by Crippen LogP contribution is 2.36. The number of nitrogens with zero attached hydrogens (tertiary/aromatic N) is 7. The monoisotopic (exact) mass is 381 g/mol. The Labute approximate surface area is 167 Å². The van der Waals surface area contributed by atoms with Crippen LogP contribution >= 0.6 is 0 Å². The quantitative estimate of drug-likeness (QED) is 0.765. The maximum atomic E-state index is 4.79. The van der Waals surface area contributed by atoms with Gasteiger partial charge in [-0.3, -0.25) is 9.58 Å². The van der Waals surface area contributed by atoms with Gasteiger partial charge < -0.3 is 9.80 Å². The highest BCUT2D eigenvalue weighted by Gasteiger charge is 2.36. The summed E-state index contributed by atoms with van der Waals surface area (Å²) in [5, 5.41) is 4.79. The molecule has 3 aliphatic rings. The van der Waals surface area contributed by atoms with Gasteiger partial charge in [0.1, 0.15) is 18.0 Å². The summed E-state index contributed by atoms with van der Waals surface area (Å²) < 4.78 is 2.20. The minimum absolute atomic E-state index is 0.584. The summed E-state index contributed by atoms with van der Waals surface area (Å²) in [5.41, 5.74) is 2.67. The van der Waals surface area contributed by atoms with Crippen molar-refractivity contribution in [2.75, 3.05) is 37.0 Å². The van der Waals surface area contributed by atoms with E-state index in [0.717, 1.165) is 37.8 Å². The fraction of sp³-hybridized carbons (Fsp3) is 0.667. The molecular formula is C21H31N7. The lowest BCUT2D eigenvalue weighted by molar-refractivity contribution is 0.198. The van der Waals surface area contributed by atoms with Crippen molar-refractivity contribution < 1.29 is 0 Å². The Hall–Kier alpha value is -2.15. The number of aryl methyl sites for hydroxylation is 2. The molecule has 0 amide bonds. The van der Waals surface area contributed by atoms with Gasteiger partial charge in [0, 0.05) is 64.1 Å². The van der Waals surface area contributed by atoms with Gasteiger partial charge in [-0.2, -0.15) is 5.10 Å². The second kappa shape index (κ2) is 7.35. The van der Waals surface area contributed by atoms with E-state index in [1.54, 1.807) is 6.33 Å². The van der Waals surface area contributed by atoms with Gasteiger partial charge in [-0.25, -0.2) is 9.97 Å². The van der Waals surface area contributed by atoms with Crippen LogP contribution in [0.4, 0.5) is 11.6 Å². The summed E-state index contributed by atoms with van der Waals surface area (Å²) in [6, 6.07) is 5.72. The first-order chi connectivity index (χ1) is 13.7. The molecular weight excluding hydrogens is 350 g/mol. The maximum absolute atomic E-state index is 4.79. The number of aromatic nitrogens is 4. The lowest BCUT2D eigenvalue weighted by Gasteiger charge is -2.39. The van der Waals surface area contributed by atoms with Crippen molar-refractivity contribution in [2.45, 2.75) is 63.7 Å². The third-order valence-electron chi connectivity index (χ3n) is 6.35. The SMILES string of the molecule is CN(C)c1cc(N(C2CC2)C2CCN(Cc3cc4n(n3)CCC4)CC2)ncn1. The predicted molar refractivity (Wildman–Crippen MR) is 111 cm³/mol. The zero-order valence-electron chi connectivity index (χ0n) is 17.1. The van der Waals surface area contributed by atoms with Crippen LogP contribution in [0.2, 0.25) is 0 Å². The lowest BCUT2D eigenvalue weighted by atomic mass is 10.0. The van der Waals surface area contributed by atoms with Crippen LogP contribution in [0.3, 0.4) is 0 Å². The summed E-state index contributed by atoms with van der Waals surface area (Å²) in [6.45, 7) is 4.37. The lowest BCUT2D eigenvalue weighted by Crippen LogP contribution is -2.46. The largest absolute Gasteiger partial charge is 0.363 e. The van der Waals surface area contributed by atoms with Gasteiger partial charge >= 0.3 is 0 Å². The molecule has 0 aromatic carbocycles. The van der Waals surface area contributed by atoms with Gasteiger partial charge in [-0.1, -0.05) is 0 Å². The van der Waals surface area contributed by atoms with Crippen LogP contribution in [0.15, 0.2) is 18.5 Å². The minimum atomic E-state index is 0.584. The molecule has 0 unspecified atom stereocenters. The number of anilines is 2. The average molecular weight is 382 g/mol. The number of piperidine rings is 1. The molecule has 2 aromatic heterocycles. The molecule has 1 saturated heterocycles. The Bertz CT molecular complexity index is 796. The van der Waals surface area contributed by atoms with Gasteiger partial charge in [0.2, 0.25) is 0 Å². The van der Waals surface area contributed by atoms with Crippen molar-refractivity contribution in [1.29, 1.82) is 0 Å². The van der Waals surface area contributed by atoms with Crippen LogP contribution in [0.5, 0.6) is 0 Å². The van der Waals surface area contributed by atoms with E-state index >= 15 is 0 Å². The van der Waals surface area contributed by atoms with E-state index in [1.807, 2.05) is 14.1 Å². The second-order valence-corrected chi connectivity index (χ2v) is 8.73. The summed E-state index contributed by atoms with van der Waals surface area (Å²) in [7, 11) is 4.08. The molecule has 150 valence electrons. The van der Waals surface area contributed by atoms with Crippen molar-refractivity contribution in [3.05, 3.63) is 29.8 Å². The molecule has 1 aliphatic carbocycles. The van der Waals surface area contributed by atoms with Crippen LogP contribution in [0, 0.1) is 0 Å². The predicted octanol–water partition coefficient (Wildman–Crippen LogP) is 2.32. The van der Waals surface area contributed by atoms with Crippen LogP contribution < -0.4 is 9.80 Å². The first-order valence-electron chi connectivity index (χ1n) is 10.7. The summed E-state index contributed by atoms with van der Waals surface area (Å²) >= 11 is 0. The summed E-state index contributed by atoms with van der Waals surface area (Å²) in [6.07, 6.45) is 9.15. The number of likely N-dealkylation sites (tertiary alicyclic amines) is 1. The minimum Gasteiger partial charge on any atom is -0.363 e. The molecule has 2 aromatic rings. The van der Waals surface area contributed by atoms with Crippen molar-refractivity contribution >= 4 is 11.6 Å². The molecule has 0 radical (unpaired) electrons. The molecule has 2 fully saturated rings. The van der Waals surface area contributed by atoms with E-state index in [1.165, 1.54) is 49.9 Å². The second-order valence-electron chi connectivity index (χ2n) is 8.73. The van der Waals surface area contributed by atoms with Gasteiger partial charge in [-0.15, -0.1) is 0 Å². The molecule has 4 heterocycles. The Kier molecular flexibility index (Phi) is 4.70. The molecule has 0 N–H and O–H groups in total. The van der Waals surface area contributed by atoms with Gasteiger partial charge in [-0.05, 0) is 44.6 Å². The van der Waals surface area contributed by atoms with E-state index in [9.17, 15) is 0 Å². The molecule has 7 nitrogen and oxygen atoms in total. The molecule has 2 aliphatic heterocycles. The highest BCUT2D eigenvalue weighted by molar-refractivity contribution is 5.51. The van der Waals surface area contributed by atoms with Crippen LogP contribution in [-0.4, -0.2) is 63.9 Å². The Morgan fingerprint density at radius 2 is 1.71 bits per heavy atom. The number of hydrogen-bond acceptors (Lipinski definition) is 6. The van der Waals surface area contributed by atoms with Crippen LogP contribution in [0.25, 0.3) is 0 Å². The molecule has 0 atom stereocenters. The van der Waals surface area contributed by atoms with Crippen molar-refractivity contribution in [2.24, 2.45) is 0 Å². The standard InChI is InChI=1S/C21H31N7/c1-25(2)20-13-21(23-15-22-20)28(17-5-6-17)18-7-10-26(11-8-18)14-16-12-19-4-3-9-27(19)24-16/h12-13,15,17-18H,3-11,14H2,1-2H3. The van der Waals surface area contributed by atoms with E-state index in [0.29, 0.717) is 12.1 Å².